The molecule has 1 N–H and O–H groups in total. The third kappa shape index (κ3) is 3.79. The minimum atomic E-state index is -0.876. The van der Waals surface area contributed by atoms with Gasteiger partial charge in [0.2, 0.25) is 5.91 Å². The van der Waals surface area contributed by atoms with Crippen molar-refractivity contribution >= 4 is 23.6 Å². The van der Waals surface area contributed by atoms with E-state index >= 15 is 0 Å². The number of hydrogen-bond acceptors (Lipinski definition) is 3. The Bertz CT molecular complexity index is 732. The first-order valence-electron chi connectivity index (χ1n) is 7.91. The molecule has 0 radical (unpaired) electrons. The first-order chi connectivity index (χ1) is 11.6. The van der Waals surface area contributed by atoms with E-state index in [4.69, 9.17) is 0 Å². The number of rotatable bonds is 5. The molecule has 2 aromatic carbocycles. The number of thioether (sulfide) groups is 1. The molecule has 1 unspecified atom stereocenters. The number of carbonyl (C=O) groups excluding carboxylic acids is 1. The van der Waals surface area contributed by atoms with E-state index in [-0.39, 0.29) is 12.5 Å². The molecular weight excluding hydrogens is 322 g/mol. The van der Waals surface area contributed by atoms with Gasteiger partial charge in [-0.05, 0) is 23.3 Å². The molecule has 0 bridgehead atoms. The van der Waals surface area contributed by atoms with E-state index in [2.05, 4.69) is 0 Å². The topological polar surface area (TPSA) is 57.6 Å². The highest BCUT2D eigenvalue weighted by atomic mass is 32.2. The molecule has 1 heterocycles. The monoisotopic (exact) mass is 341 g/mol. The minimum absolute atomic E-state index is 0.0131. The lowest BCUT2D eigenvalue weighted by Gasteiger charge is -2.32. The second-order valence-electron chi connectivity index (χ2n) is 5.78. The fourth-order valence-corrected chi connectivity index (χ4v) is 3.80. The highest BCUT2D eigenvalue weighted by Crippen LogP contribution is 2.29. The van der Waals surface area contributed by atoms with E-state index in [9.17, 15) is 14.7 Å². The first kappa shape index (κ1) is 16.6. The van der Waals surface area contributed by atoms with Crippen LogP contribution in [0.4, 0.5) is 0 Å². The standard InChI is InChI=1S/C19H19NO3S/c21-18(10-11-24-15-7-2-1-3-8-15)20-12-14-6-4-5-9-16(14)17(13-20)19(22)23/h1-9,17H,10-13H2,(H,22,23). The Morgan fingerprint density at radius 3 is 2.54 bits per heavy atom. The van der Waals surface area contributed by atoms with Gasteiger partial charge in [-0.25, -0.2) is 0 Å². The van der Waals surface area contributed by atoms with Gasteiger partial charge >= 0.3 is 5.97 Å². The Morgan fingerprint density at radius 2 is 1.79 bits per heavy atom. The van der Waals surface area contributed by atoms with E-state index in [1.54, 1.807) is 16.7 Å². The molecule has 0 spiro atoms. The van der Waals surface area contributed by atoms with Crippen molar-refractivity contribution in [3.8, 4) is 0 Å². The fourth-order valence-electron chi connectivity index (χ4n) is 2.94. The third-order valence-corrected chi connectivity index (χ3v) is 5.19. The number of hydrogen-bond donors (Lipinski definition) is 1. The van der Waals surface area contributed by atoms with E-state index in [0.29, 0.717) is 18.7 Å². The smallest absolute Gasteiger partial charge is 0.312 e. The van der Waals surface area contributed by atoms with Crippen molar-refractivity contribution in [2.24, 2.45) is 0 Å². The summed E-state index contributed by atoms with van der Waals surface area (Å²) < 4.78 is 0. The molecule has 1 aliphatic heterocycles. The van der Waals surface area contributed by atoms with Gasteiger partial charge < -0.3 is 10.0 Å². The van der Waals surface area contributed by atoms with Crippen molar-refractivity contribution in [1.82, 2.24) is 4.90 Å². The highest BCUT2D eigenvalue weighted by molar-refractivity contribution is 7.99. The molecule has 1 amide bonds. The summed E-state index contributed by atoms with van der Waals surface area (Å²) in [6.07, 6.45) is 0.411. The maximum atomic E-state index is 12.5. The van der Waals surface area contributed by atoms with Crippen LogP contribution in [0, 0.1) is 0 Å². The van der Waals surface area contributed by atoms with Gasteiger partial charge in [-0.3, -0.25) is 9.59 Å². The van der Waals surface area contributed by atoms with E-state index in [1.807, 2.05) is 54.6 Å². The van der Waals surface area contributed by atoms with Gasteiger partial charge in [0.1, 0.15) is 0 Å². The van der Waals surface area contributed by atoms with Gasteiger partial charge in [-0.1, -0.05) is 42.5 Å². The number of nitrogens with zero attached hydrogens (tertiary/aromatic N) is 1. The number of carboxylic acid groups (broad SMARTS) is 1. The van der Waals surface area contributed by atoms with Crippen molar-refractivity contribution in [2.75, 3.05) is 12.3 Å². The van der Waals surface area contributed by atoms with Crippen molar-refractivity contribution in [1.29, 1.82) is 0 Å². The Balaban J connectivity index is 1.62. The second-order valence-corrected chi connectivity index (χ2v) is 6.94. The van der Waals surface area contributed by atoms with Gasteiger partial charge in [0.05, 0.1) is 5.92 Å². The summed E-state index contributed by atoms with van der Waals surface area (Å²) >= 11 is 1.64. The normalized spacial score (nSPS) is 16.5. The van der Waals surface area contributed by atoms with Crippen LogP contribution in [0.25, 0.3) is 0 Å². The van der Waals surface area contributed by atoms with Crippen LogP contribution in [0.5, 0.6) is 0 Å². The molecule has 1 atom stereocenters. The van der Waals surface area contributed by atoms with Crippen LogP contribution in [0.1, 0.15) is 23.5 Å². The molecule has 0 saturated heterocycles. The van der Waals surface area contributed by atoms with E-state index in [1.165, 1.54) is 0 Å². The van der Waals surface area contributed by atoms with Crippen molar-refractivity contribution in [3.05, 3.63) is 65.7 Å². The quantitative estimate of drug-likeness (QED) is 0.847. The number of carbonyl (C=O) groups is 2. The zero-order valence-electron chi connectivity index (χ0n) is 13.2. The average molecular weight is 341 g/mol. The molecule has 1 aliphatic rings. The van der Waals surface area contributed by atoms with Crippen LogP contribution in [-0.4, -0.2) is 34.2 Å². The number of carboxylic acids is 1. The SMILES string of the molecule is O=C(O)C1CN(C(=O)CCSc2ccccc2)Cc2ccccc21. The van der Waals surface area contributed by atoms with Crippen LogP contribution in [-0.2, 0) is 16.1 Å². The molecule has 0 aromatic heterocycles. The maximum absolute atomic E-state index is 12.5. The Kier molecular flexibility index (Phi) is 5.20. The molecule has 5 heteroatoms. The van der Waals surface area contributed by atoms with Crippen LogP contribution in [0.15, 0.2) is 59.5 Å². The number of fused-ring (bicyclic) bond motifs is 1. The molecule has 2 aromatic rings. The van der Waals surface area contributed by atoms with Gasteiger partial charge in [0.15, 0.2) is 0 Å². The van der Waals surface area contributed by atoms with Crippen molar-refractivity contribution < 1.29 is 14.7 Å². The fraction of sp³-hybridized carbons (Fsp3) is 0.263. The van der Waals surface area contributed by atoms with E-state index < -0.39 is 11.9 Å². The van der Waals surface area contributed by atoms with Crippen LogP contribution in [0.2, 0.25) is 0 Å². The summed E-state index contributed by atoms with van der Waals surface area (Å²) in [5, 5.41) is 9.47. The zero-order valence-corrected chi connectivity index (χ0v) is 14.0. The molecular formula is C19H19NO3S. The predicted molar refractivity (Wildman–Crippen MR) is 94.0 cm³/mol. The zero-order chi connectivity index (χ0) is 16.9. The van der Waals surface area contributed by atoms with E-state index in [0.717, 1.165) is 16.0 Å². The van der Waals surface area contributed by atoms with Gasteiger partial charge in [0.25, 0.3) is 0 Å². The van der Waals surface area contributed by atoms with Crippen molar-refractivity contribution in [2.45, 2.75) is 23.8 Å². The summed E-state index contributed by atoms with van der Waals surface area (Å²) in [6.45, 7) is 0.746. The Labute approximate surface area is 145 Å². The van der Waals surface area contributed by atoms with Gasteiger partial charge in [-0.2, -0.15) is 0 Å². The predicted octanol–water partition coefficient (Wildman–Crippen LogP) is 3.38. The average Bonchev–Trinajstić information content (AvgIpc) is 2.61. The molecule has 0 saturated carbocycles. The lowest BCUT2D eigenvalue weighted by atomic mass is 9.89. The van der Waals surface area contributed by atoms with Crippen LogP contribution >= 0.6 is 11.8 Å². The first-order valence-corrected chi connectivity index (χ1v) is 8.90. The molecule has 0 aliphatic carbocycles. The summed E-state index contributed by atoms with van der Waals surface area (Å²) in [4.78, 5) is 26.8. The summed E-state index contributed by atoms with van der Waals surface area (Å²) in [6, 6.07) is 17.4. The van der Waals surface area contributed by atoms with Crippen LogP contribution < -0.4 is 0 Å². The molecule has 0 fully saturated rings. The minimum Gasteiger partial charge on any atom is -0.481 e. The number of amides is 1. The molecule has 24 heavy (non-hydrogen) atoms. The molecule has 4 nitrogen and oxygen atoms in total. The lowest BCUT2D eigenvalue weighted by molar-refractivity contribution is -0.141. The Morgan fingerprint density at radius 1 is 1.08 bits per heavy atom. The van der Waals surface area contributed by atoms with Gasteiger partial charge in [0, 0.05) is 30.2 Å². The lowest BCUT2D eigenvalue weighted by Crippen LogP contribution is -2.40. The number of benzene rings is 2. The Hall–Kier alpha value is -2.27. The number of aliphatic carboxylic acids is 1. The largest absolute Gasteiger partial charge is 0.481 e. The van der Waals surface area contributed by atoms with Crippen LogP contribution in [0.3, 0.4) is 0 Å². The summed E-state index contributed by atoms with van der Waals surface area (Å²) in [7, 11) is 0. The molecule has 3 rings (SSSR count). The van der Waals surface area contributed by atoms with Gasteiger partial charge in [-0.15, -0.1) is 11.8 Å². The maximum Gasteiger partial charge on any atom is 0.312 e. The molecule has 124 valence electrons. The van der Waals surface area contributed by atoms with Crippen molar-refractivity contribution in [3.63, 3.8) is 0 Å². The second kappa shape index (κ2) is 7.53. The summed E-state index contributed by atoms with van der Waals surface area (Å²) in [5.74, 6) is -0.808. The highest BCUT2D eigenvalue weighted by Gasteiger charge is 2.31. The summed E-state index contributed by atoms with van der Waals surface area (Å²) in [5.41, 5.74) is 1.76. The third-order valence-electron chi connectivity index (χ3n) is 4.17.